The Morgan fingerprint density at radius 1 is 1.19 bits per heavy atom. The van der Waals surface area contributed by atoms with Gasteiger partial charge in [-0.1, -0.05) is 17.3 Å². The van der Waals surface area contributed by atoms with Crippen LogP contribution in [0, 0.1) is 0 Å². The summed E-state index contributed by atoms with van der Waals surface area (Å²) < 4.78 is 7.11. The molecule has 0 unspecified atom stereocenters. The van der Waals surface area contributed by atoms with Gasteiger partial charge in [0.05, 0.1) is 4.88 Å². The highest BCUT2D eigenvalue weighted by Gasteiger charge is 2.11. The summed E-state index contributed by atoms with van der Waals surface area (Å²) in [5, 5.41) is 17.0. The first kappa shape index (κ1) is 16.4. The molecule has 4 heterocycles. The number of thiophene rings is 1. The van der Waals surface area contributed by atoms with Gasteiger partial charge >= 0.3 is 0 Å². The van der Waals surface area contributed by atoms with E-state index < -0.39 is 0 Å². The number of aromatic nitrogens is 5. The number of hydrogen-bond donors (Lipinski definition) is 1. The molecule has 4 aromatic heterocycles. The smallest absolute Gasteiger partial charge is 0.227 e. The molecule has 26 heavy (non-hydrogen) atoms. The highest BCUT2D eigenvalue weighted by molar-refractivity contribution is 7.13. The first-order valence-corrected chi connectivity index (χ1v) is 9.09. The maximum atomic E-state index is 12.0. The predicted molar refractivity (Wildman–Crippen MR) is 95.6 cm³/mol. The molecule has 0 saturated carbocycles. The Hall–Kier alpha value is -3.07. The Kier molecular flexibility index (Phi) is 4.69. The molecular formula is C17H16N6O2S. The standard InChI is InChI=1S/C17H16N6O2S/c24-15(6-7-16-19-17(22-25-16)12-4-3-11-26-12)18-9-8-14-21-20-13-5-1-2-10-23(13)14/h1-5,10-11H,6-9H2,(H,18,24). The molecule has 0 fully saturated rings. The van der Waals surface area contributed by atoms with Crippen LogP contribution in [0.3, 0.4) is 0 Å². The molecule has 0 radical (unpaired) electrons. The van der Waals surface area contributed by atoms with E-state index in [1.807, 2.05) is 46.3 Å². The molecular weight excluding hydrogens is 352 g/mol. The van der Waals surface area contributed by atoms with Crippen molar-refractivity contribution in [2.45, 2.75) is 19.3 Å². The quantitative estimate of drug-likeness (QED) is 0.537. The van der Waals surface area contributed by atoms with E-state index in [1.165, 1.54) is 0 Å². The Balaban J connectivity index is 1.24. The third-order valence-corrected chi connectivity index (χ3v) is 4.70. The van der Waals surface area contributed by atoms with Crippen molar-refractivity contribution in [2.75, 3.05) is 6.54 Å². The van der Waals surface area contributed by atoms with Crippen molar-refractivity contribution in [3.63, 3.8) is 0 Å². The lowest BCUT2D eigenvalue weighted by Crippen LogP contribution is -2.26. The average Bonchev–Trinajstić information content (AvgIpc) is 3.40. The number of amides is 1. The molecule has 0 aliphatic heterocycles. The first-order chi connectivity index (χ1) is 12.8. The van der Waals surface area contributed by atoms with Crippen molar-refractivity contribution < 1.29 is 9.32 Å². The number of carbonyl (C=O) groups is 1. The molecule has 1 N–H and O–H groups in total. The largest absolute Gasteiger partial charge is 0.356 e. The molecule has 1 amide bonds. The maximum absolute atomic E-state index is 12.0. The fraction of sp³-hybridized carbons (Fsp3) is 0.235. The van der Waals surface area contributed by atoms with Gasteiger partial charge in [0.1, 0.15) is 5.82 Å². The summed E-state index contributed by atoms with van der Waals surface area (Å²) in [7, 11) is 0. The van der Waals surface area contributed by atoms with E-state index in [0.29, 0.717) is 37.5 Å². The van der Waals surface area contributed by atoms with Crippen LogP contribution in [-0.4, -0.2) is 37.2 Å². The zero-order valence-corrected chi connectivity index (χ0v) is 14.6. The summed E-state index contributed by atoms with van der Waals surface area (Å²) in [6.07, 6.45) is 3.23. The molecule has 132 valence electrons. The second kappa shape index (κ2) is 7.44. The number of nitrogens with one attached hydrogen (secondary N) is 1. The fourth-order valence-corrected chi connectivity index (χ4v) is 3.20. The Labute approximate surface area is 152 Å². The zero-order valence-electron chi connectivity index (χ0n) is 13.8. The van der Waals surface area contributed by atoms with Crippen LogP contribution in [0.4, 0.5) is 0 Å². The number of nitrogens with zero attached hydrogens (tertiary/aromatic N) is 5. The average molecular weight is 368 g/mol. The highest BCUT2D eigenvalue weighted by atomic mass is 32.1. The summed E-state index contributed by atoms with van der Waals surface area (Å²) in [6.45, 7) is 0.499. The van der Waals surface area contributed by atoms with Crippen LogP contribution in [0.15, 0.2) is 46.4 Å². The summed E-state index contributed by atoms with van der Waals surface area (Å²) in [6, 6.07) is 9.59. The van der Waals surface area contributed by atoms with E-state index in [9.17, 15) is 4.79 Å². The summed E-state index contributed by atoms with van der Waals surface area (Å²) in [4.78, 5) is 17.3. The molecule has 0 spiro atoms. The Morgan fingerprint density at radius 2 is 2.15 bits per heavy atom. The van der Waals surface area contributed by atoms with E-state index in [-0.39, 0.29) is 5.91 Å². The van der Waals surface area contributed by atoms with Crippen LogP contribution in [0.2, 0.25) is 0 Å². The van der Waals surface area contributed by atoms with Crippen molar-refractivity contribution in [1.29, 1.82) is 0 Å². The molecule has 0 aliphatic carbocycles. The van der Waals surface area contributed by atoms with Gasteiger partial charge in [-0.15, -0.1) is 21.5 Å². The van der Waals surface area contributed by atoms with Crippen LogP contribution in [0.1, 0.15) is 18.1 Å². The van der Waals surface area contributed by atoms with E-state index in [0.717, 1.165) is 16.3 Å². The molecule has 4 aromatic rings. The molecule has 0 saturated heterocycles. The molecule has 4 rings (SSSR count). The Morgan fingerprint density at radius 3 is 3.04 bits per heavy atom. The van der Waals surface area contributed by atoms with Gasteiger partial charge in [-0.25, -0.2) is 0 Å². The molecule has 0 bridgehead atoms. The van der Waals surface area contributed by atoms with E-state index in [2.05, 4.69) is 25.7 Å². The normalized spacial score (nSPS) is 11.1. The maximum Gasteiger partial charge on any atom is 0.227 e. The van der Waals surface area contributed by atoms with E-state index in [1.54, 1.807) is 11.3 Å². The zero-order chi connectivity index (χ0) is 17.8. The van der Waals surface area contributed by atoms with Crippen molar-refractivity contribution >= 4 is 22.9 Å². The molecule has 0 aromatic carbocycles. The summed E-state index contributed by atoms with van der Waals surface area (Å²) in [5.74, 6) is 1.79. The van der Waals surface area contributed by atoms with Gasteiger partial charge in [0.15, 0.2) is 5.65 Å². The number of rotatable bonds is 7. The first-order valence-electron chi connectivity index (χ1n) is 8.21. The summed E-state index contributed by atoms with van der Waals surface area (Å²) in [5.41, 5.74) is 0.798. The predicted octanol–water partition coefficient (Wildman–Crippen LogP) is 2.13. The minimum atomic E-state index is -0.0605. The Bertz CT molecular complexity index is 1010. The van der Waals surface area contributed by atoms with Crippen molar-refractivity contribution in [1.82, 2.24) is 30.1 Å². The highest BCUT2D eigenvalue weighted by Crippen LogP contribution is 2.21. The van der Waals surface area contributed by atoms with Gasteiger partial charge < -0.3 is 9.84 Å². The van der Waals surface area contributed by atoms with Crippen LogP contribution >= 0.6 is 11.3 Å². The van der Waals surface area contributed by atoms with Gasteiger partial charge in [0, 0.05) is 32.0 Å². The van der Waals surface area contributed by atoms with Gasteiger partial charge in [-0.3, -0.25) is 9.20 Å². The van der Waals surface area contributed by atoms with Gasteiger partial charge in [0.2, 0.25) is 17.6 Å². The minimum absolute atomic E-state index is 0.0605. The van der Waals surface area contributed by atoms with Crippen molar-refractivity contribution in [2.24, 2.45) is 0 Å². The number of hydrogen-bond acceptors (Lipinski definition) is 7. The lowest BCUT2D eigenvalue weighted by molar-refractivity contribution is -0.121. The van der Waals surface area contributed by atoms with Gasteiger partial charge in [-0.2, -0.15) is 4.98 Å². The number of aryl methyl sites for hydroxylation is 1. The fourth-order valence-electron chi connectivity index (χ4n) is 2.55. The number of pyridine rings is 1. The lowest BCUT2D eigenvalue weighted by Gasteiger charge is -2.03. The monoisotopic (exact) mass is 368 g/mol. The lowest BCUT2D eigenvalue weighted by atomic mass is 10.3. The second-order valence-corrected chi connectivity index (χ2v) is 6.58. The van der Waals surface area contributed by atoms with Crippen molar-refractivity contribution in [3.05, 3.63) is 53.6 Å². The van der Waals surface area contributed by atoms with E-state index in [4.69, 9.17) is 4.52 Å². The molecule has 9 heteroatoms. The molecule has 0 aliphatic rings. The van der Waals surface area contributed by atoms with E-state index >= 15 is 0 Å². The third kappa shape index (κ3) is 3.62. The minimum Gasteiger partial charge on any atom is -0.356 e. The van der Waals surface area contributed by atoms with Crippen LogP contribution in [-0.2, 0) is 17.6 Å². The van der Waals surface area contributed by atoms with Crippen LogP contribution in [0.5, 0.6) is 0 Å². The number of carbonyl (C=O) groups excluding carboxylic acids is 1. The number of fused-ring (bicyclic) bond motifs is 1. The second-order valence-electron chi connectivity index (χ2n) is 5.63. The molecule has 8 nitrogen and oxygen atoms in total. The molecule has 0 atom stereocenters. The van der Waals surface area contributed by atoms with Crippen LogP contribution in [0.25, 0.3) is 16.3 Å². The third-order valence-electron chi connectivity index (χ3n) is 3.83. The topological polar surface area (TPSA) is 98.2 Å². The SMILES string of the molecule is O=C(CCc1nc(-c2cccs2)no1)NCCc1nnc2ccccn12. The van der Waals surface area contributed by atoms with Gasteiger partial charge in [0.25, 0.3) is 0 Å². The van der Waals surface area contributed by atoms with Gasteiger partial charge in [-0.05, 0) is 23.6 Å². The van der Waals surface area contributed by atoms with Crippen molar-refractivity contribution in [3.8, 4) is 10.7 Å². The van der Waals surface area contributed by atoms with Crippen LogP contribution < -0.4 is 5.32 Å². The summed E-state index contributed by atoms with van der Waals surface area (Å²) >= 11 is 1.55.